The molecule has 26 heavy (non-hydrogen) atoms. The molecule has 0 aliphatic rings. The van der Waals surface area contributed by atoms with Crippen molar-refractivity contribution >= 4 is 29.9 Å². The zero-order valence-electron chi connectivity index (χ0n) is 16.2. The van der Waals surface area contributed by atoms with Gasteiger partial charge in [-0.25, -0.2) is 0 Å². The molecule has 1 aromatic carbocycles. The molecule has 0 aliphatic carbocycles. The van der Waals surface area contributed by atoms with Crippen LogP contribution < -0.4 is 15.4 Å². The van der Waals surface area contributed by atoms with Crippen molar-refractivity contribution in [3.63, 3.8) is 0 Å². The summed E-state index contributed by atoms with van der Waals surface area (Å²) in [7, 11) is 3.82. The average molecular weight is 470 g/mol. The van der Waals surface area contributed by atoms with Gasteiger partial charge >= 0.3 is 0 Å². The molecule has 5 nitrogen and oxygen atoms in total. The van der Waals surface area contributed by atoms with Crippen molar-refractivity contribution in [1.82, 2.24) is 15.2 Å². The van der Waals surface area contributed by atoms with Crippen molar-refractivity contribution in [2.45, 2.75) is 26.8 Å². The summed E-state index contributed by atoms with van der Waals surface area (Å²) in [4.78, 5) is 4.26. The molecule has 2 N–H and O–H groups in total. The first-order valence-corrected chi connectivity index (χ1v) is 8.84. The van der Waals surface area contributed by atoms with Gasteiger partial charge in [-0.2, -0.15) is 0 Å². The molecule has 0 spiro atoms. The summed E-state index contributed by atoms with van der Waals surface area (Å²) in [6.45, 7) is 6.66. The minimum atomic E-state index is 0. The molecule has 0 unspecified atom stereocenters. The normalized spacial score (nSPS) is 11.2. The molecule has 144 valence electrons. The van der Waals surface area contributed by atoms with E-state index in [1.165, 1.54) is 11.1 Å². The SMILES string of the molecule is CN=C(NCCc1ccc(OCC(C)C)cc1)NCc1ccn(C)c1.I. The Hall–Kier alpha value is -1.70. The van der Waals surface area contributed by atoms with E-state index in [0.29, 0.717) is 5.92 Å². The van der Waals surface area contributed by atoms with E-state index in [-0.39, 0.29) is 24.0 Å². The zero-order valence-corrected chi connectivity index (χ0v) is 18.5. The Bertz CT molecular complexity index is 665. The monoisotopic (exact) mass is 470 g/mol. The topological polar surface area (TPSA) is 50.6 Å². The van der Waals surface area contributed by atoms with Crippen LogP contribution in [0.4, 0.5) is 0 Å². The summed E-state index contributed by atoms with van der Waals surface area (Å²) in [6, 6.07) is 10.4. The number of nitrogens with one attached hydrogen (secondary N) is 2. The number of benzene rings is 1. The minimum Gasteiger partial charge on any atom is -0.493 e. The summed E-state index contributed by atoms with van der Waals surface area (Å²) >= 11 is 0. The molecule has 0 saturated heterocycles. The highest BCUT2D eigenvalue weighted by Crippen LogP contribution is 2.13. The van der Waals surface area contributed by atoms with E-state index in [0.717, 1.165) is 37.8 Å². The second-order valence-corrected chi connectivity index (χ2v) is 6.64. The van der Waals surface area contributed by atoms with Crippen molar-refractivity contribution in [2.24, 2.45) is 18.0 Å². The summed E-state index contributed by atoms with van der Waals surface area (Å²) < 4.78 is 7.76. The van der Waals surface area contributed by atoms with Crippen LogP contribution in [0.25, 0.3) is 0 Å². The highest BCUT2D eigenvalue weighted by Gasteiger charge is 2.01. The zero-order chi connectivity index (χ0) is 18.1. The molecule has 0 atom stereocenters. The van der Waals surface area contributed by atoms with Gasteiger partial charge in [0.15, 0.2) is 5.96 Å². The van der Waals surface area contributed by atoms with Gasteiger partial charge in [-0.05, 0) is 41.7 Å². The molecular weight excluding hydrogens is 439 g/mol. The highest BCUT2D eigenvalue weighted by atomic mass is 127. The van der Waals surface area contributed by atoms with Gasteiger partial charge in [0.1, 0.15) is 5.75 Å². The maximum atomic E-state index is 5.71. The quantitative estimate of drug-likeness (QED) is 0.352. The third-order valence-corrected chi connectivity index (χ3v) is 3.79. The average Bonchev–Trinajstić information content (AvgIpc) is 3.02. The number of rotatable bonds is 8. The Morgan fingerprint density at radius 1 is 1.12 bits per heavy atom. The Morgan fingerprint density at radius 3 is 2.42 bits per heavy atom. The number of hydrogen-bond donors (Lipinski definition) is 2. The van der Waals surface area contributed by atoms with Crippen LogP contribution in [0.3, 0.4) is 0 Å². The number of hydrogen-bond acceptors (Lipinski definition) is 2. The van der Waals surface area contributed by atoms with Gasteiger partial charge in [-0.15, -0.1) is 24.0 Å². The standard InChI is InChI=1S/C20H30N4O.HI/c1-16(2)15-25-19-7-5-17(6-8-19)9-11-22-20(21-3)23-13-18-10-12-24(4)14-18;/h5-8,10,12,14,16H,9,11,13,15H2,1-4H3,(H2,21,22,23);1H. The van der Waals surface area contributed by atoms with Crippen LogP contribution in [-0.4, -0.2) is 30.7 Å². The van der Waals surface area contributed by atoms with Gasteiger partial charge in [-0.1, -0.05) is 26.0 Å². The fourth-order valence-electron chi connectivity index (χ4n) is 2.41. The van der Waals surface area contributed by atoms with Crippen LogP contribution >= 0.6 is 24.0 Å². The van der Waals surface area contributed by atoms with Crippen LogP contribution in [0, 0.1) is 5.92 Å². The molecule has 2 aromatic rings. The van der Waals surface area contributed by atoms with E-state index in [2.05, 4.69) is 53.9 Å². The number of halogens is 1. The molecule has 0 aliphatic heterocycles. The lowest BCUT2D eigenvalue weighted by molar-refractivity contribution is 0.271. The van der Waals surface area contributed by atoms with Crippen molar-refractivity contribution in [1.29, 1.82) is 0 Å². The highest BCUT2D eigenvalue weighted by molar-refractivity contribution is 14.0. The Balaban J connectivity index is 0.00000338. The Morgan fingerprint density at radius 2 is 1.85 bits per heavy atom. The number of aromatic nitrogens is 1. The summed E-state index contributed by atoms with van der Waals surface area (Å²) in [5.74, 6) is 2.30. The van der Waals surface area contributed by atoms with E-state index >= 15 is 0 Å². The second kappa shape index (κ2) is 11.8. The first kappa shape index (κ1) is 22.3. The lowest BCUT2D eigenvalue weighted by atomic mass is 10.1. The Labute approximate surface area is 174 Å². The first-order valence-electron chi connectivity index (χ1n) is 8.84. The molecule has 1 heterocycles. The fourth-order valence-corrected chi connectivity index (χ4v) is 2.41. The summed E-state index contributed by atoms with van der Waals surface area (Å²) in [6.07, 6.45) is 5.08. The molecule has 6 heteroatoms. The van der Waals surface area contributed by atoms with Crippen LogP contribution in [0.1, 0.15) is 25.0 Å². The van der Waals surface area contributed by atoms with Gasteiger partial charge in [0, 0.05) is 39.6 Å². The summed E-state index contributed by atoms with van der Waals surface area (Å²) in [5.41, 5.74) is 2.52. The number of aryl methyl sites for hydroxylation is 1. The maximum absolute atomic E-state index is 5.71. The number of aliphatic imine (C=N–C) groups is 1. The van der Waals surface area contributed by atoms with Gasteiger partial charge in [-0.3, -0.25) is 4.99 Å². The minimum absolute atomic E-state index is 0. The molecule has 0 fully saturated rings. The van der Waals surface area contributed by atoms with Crippen molar-refractivity contribution in [3.05, 3.63) is 53.9 Å². The molecule has 1 aromatic heterocycles. The fraction of sp³-hybridized carbons (Fsp3) is 0.450. The maximum Gasteiger partial charge on any atom is 0.191 e. The van der Waals surface area contributed by atoms with Crippen LogP contribution in [0.5, 0.6) is 5.75 Å². The largest absolute Gasteiger partial charge is 0.493 e. The number of guanidine groups is 1. The smallest absolute Gasteiger partial charge is 0.191 e. The predicted molar refractivity (Wildman–Crippen MR) is 120 cm³/mol. The second-order valence-electron chi connectivity index (χ2n) is 6.64. The molecule has 0 radical (unpaired) electrons. The van der Waals surface area contributed by atoms with Crippen molar-refractivity contribution in [3.8, 4) is 5.75 Å². The van der Waals surface area contributed by atoms with Gasteiger partial charge in [0.05, 0.1) is 6.61 Å². The predicted octanol–water partition coefficient (Wildman–Crippen LogP) is 3.59. The van der Waals surface area contributed by atoms with E-state index in [1.54, 1.807) is 7.05 Å². The molecule has 2 rings (SSSR count). The molecule has 0 bridgehead atoms. The number of ether oxygens (including phenoxy) is 1. The lowest BCUT2D eigenvalue weighted by Gasteiger charge is -2.12. The van der Waals surface area contributed by atoms with Gasteiger partial charge in [0.25, 0.3) is 0 Å². The number of nitrogens with zero attached hydrogens (tertiary/aromatic N) is 2. The molecular formula is C20H31IN4O. The van der Waals surface area contributed by atoms with Crippen LogP contribution in [0.2, 0.25) is 0 Å². The van der Waals surface area contributed by atoms with E-state index in [4.69, 9.17) is 4.74 Å². The Kier molecular flexibility index (Phi) is 10.2. The molecule has 0 saturated carbocycles. The molecule has 0 amide bonds. The van der Waals surface area contributed by atoms with Gasteiger partial charge in [0.2, 0.25) is 0 Å². The van der Waals surface area contributed by atoms with Crippen molar-refractivity contribution in [2.75, 3.05) is 20.2 Å². The third-order valence-electron chi connectivity index (χ3n) is 3.79. The van der Waals surface area contributed by atoms with Crippen LogP contribution in [0.15, 0.2) is 47.7 Å². The van der Waals surface area contributed by atoms with E-state index < -0.39 is 0 Å². The van der Waals surface area contributed by atoms with Gasteiger partial charge < -0.3 is 19.9 Å². The van der Waals surface area contributed by atoms with Crippen molar-refractivity contribution < 1.29 is 4.74 Å². The first-order chi connectivity index (χ1) is 12.1. The third kappa shape index (κ3) is 8.12. The van der Waals surface area contributed by atoms with Crippen LogP contribution in [-0.2, 0) is 20.0 Å². The van der Waals surface area contributed by atoms with E-state index in [9.17, 15) is 0 Å². The lowest BCUT2D eigenvalue weighted by Crippen LogP contribution is -2.37. The van der Waals surface area contributed by atoms with E-state index in [1.807, 2.05) is 29.9 Å². The summed E-state index contributed by atoms with van der Waals surface area (Å²) in [5, 5.41) is 6.68.